The number of nitrogens with zero attached hydrogens (tertiary/aromatic N) is 1. The van der Waals surface area contributed by atoms with Crippen LogP contribution in [-0.2, 0) is 6.54 Å². The topological polar surface area (TPSA) is 52.6 Å². The quantitative estimate of drug-likeness (QED) is 0.725. The average molecular weight is 192 g/mol. The molecule has 14 heavy (non-hydrogen) atoms. The van der Waals surface area contributed by atoms with Crippen LogP contribution in [0.3, 0.4) is 0 Å². The first-order valence-electron chi connectivity index (χ1n) is 4.57. The first-order chi connectivity index (χ1) is 6.83. The fourth-order valence-electron chi connectivity index (χ4n) is 1.62. The molecule has 2 N–H and O–H groups in total. The van der Waals surface area contributed by atoms with Crippen LogP contribution < -0.4 is 10.2 Å². The number of urea groups is 1. The summed E-state index contributed by atoms with van der Waals surface area (Å²) in [6.07, 6.45) is 0. The molecule has 0 saturated heterocycles. The molecule has 4 heteroatoms. The Morgan fingerprint density at radius 3 is 3.00 bits per heavy atom. The van der Waals surface area contributed by atoms with Gasteiger partial charge < -0.3 is 10.4 Å². The fraction of sp³-hybridized carbons (Fsp3) is 0.300. The van der Waals surface area contributed by atoms with Crippen molar-refractivity contribution in [2.24, 2.45) is 0 Å². The lowest BCUT2D eigenvalue weighted by Crippen LogP contribution is -2.45. The molecule has 0 radical (unpaired) electrons. The lowest BCUT2D eigenvalue weighted by Gasteiger charge is -2.29. The molecule has 74 valence electrons. The number of β-amino-alcohol motifs (C(OH)–C–C–N with tert-alkyl or cyclic N) is 1. The third kappa shape index (κ3) is 1.44. The predicted octanol–water partition coefficient (Wildman–Crippen LogP) is 0.709. The number of anilines is 1. The molecule has 1 aliphatic rings. The minimum Gasteiger partial charge on any atom is -0.395 e. The Hall–Kier alpha value is -1.55. The predicted molar refractivity (Wildman–Crippen MR) is 53.1 cm³/mol. The van der Waals surface area contributed by atoms with Gasteiger partial charge in [0.25, 0.3) is 0 Å². The Morgan fingerprint density at radius 2 is 2.21 bits per heavy atom. The zero-order chi connectivity index (χ0) is 9.97. The highest BCUT2D eigenvalue weighted by Gasteiger charge is 2.22. The summed E-state index contributed by atoms with van der Waals surface area (Å²) >= 11 is 0. The van der Waals surface area contributed by atoms with Gasteiger partial charge in [-0.15, -0.1) is 0 Å². The molecule has 0 atom stereocenters. The van der Waals surface area contributed by atoms with Crippen molar-refractivity contribution in [3.8, 4) is 0 Å². The van der Waals surface area contributed by atoms with Gasteiger partial charge >= 0.3 is 6.03 Å². The van der Waals surface area contributed by atoms with Gasteiger partial charge in [-0.2, -0.15) is 0 Å². The number of fused-ring (bicyclic) bond motifs is 1. The number of carbonyl (C=O) groups is 1. The van der Waals surface area contributed by atoms with E-state index in [2.05, 4.69) is 5.32 Å². The van der Waals surface area contributed by atoms with E-state index in [4.69, 9.17) is 5.11 Å². The van der Waals surface area contributed by atoms with Gasteiger partial charge in [-0.05, 0) is 11.6 Å². The molecule has 0 unspecified atom stereocenters. The van der Waals surface area contributed by atoms with Gasteiger partial charge in [0.1, 0.15) is 0 Å². The molecule has 1 aliphatic heterocycles. The number of hydrogen-bond donors (Lipinski definition) is 2. The lowest BCUT2D eigenvalue weighted by atomic mass is 10.1. The molecule has 0 aromatic heterocycles. The summed E-state index contributed by atoms with van der Waals surface area (Å²) in [7, 11) is 0. The van der Waals surface area contributed by atoms with E-state index in [9.17, 15) is 4.79 Å². The molecule has 0 spiro atoms. The fourth-order valence-corrected chi connectivity index (χ4v) is 1.62. The maximum absolute atomic E-state index is 11.5. The SMILES string of the molecule is O=C1NCc2ccccc2N1CCO. The van der Waals surface area contributed by atoms with Crippen LogP contribution >= 0.6 is 0 Å². The van der Waals surface area contributed by atoms with Crippen molar-refractivity contribution in [3.05, 3.63) is 29.8 Å². The number of amides is 2. The van der Waals surface area contributed by atoms with Crippen LogP contribution in [0, 0.1) is 0 Å². The Morgan fingerprint density at radius 1 is 1.43 bits per heavy atom. The second-order valence-corrected chi connectivity index (χ2v) is 3.16. The Bertz CT molecular complexity index is 352. The van der Waals surface area contributed by atoms with Gasteiger partial charge in [0, 0.05) is 6.54 Å². The summed E-state index contributed by atoms with van der Waals surface area (Å²) in [5.41, 5.74) is 1.98. The van der Waals surface area contributed by atoms with Crippen molar-refractivity contribution in [1.29, 1.82) is 0 Å². The third-order valence-corrected chi connectivity index (χ3v) is 2.28. The molecule has 1 aromatic rings. The van der Waals surface area contributed by atoms with Gasteiger partial charge in [-0.1, -0.05) is 18.2 Å². The van der Waals surface area contributed by atoms with Crippen molar-refractivity contribution in [3.63, 3.8) is 0 Å². The molecule has 4 nitrogen and oxygen atoms in total. The van der Waals surface area contributed by atoms with Crippen LogP contribution in [0.15, 0.2) is 24.3 Å². The van der Waals surface area contributed by atoms with E-state index in [-0.39, 0.29) is 12.6 Å². The van der Waals surface area contributed by atoms with Gasteiger partial charge in [-0.3, -0.25) is 4.90 Å². The van der Waals surface area contributed by atoms with Crippen LogP contribution in [0.25, 0.3) is 0 Å². The molecular formula is C10H12N2O2. The molecule has 2 rings (SSSR count). The van der Waals surface area contributed by atoms with Crippen LogP contribution in [-0.4, -0.2) is 24.3 Å². The van der Waals surface area contributed by atoms with Gasteiger partial charge in [0.2, 0.25) is 0 Å². The maximum Gasteiger partial charge on any atom is 0.322 e. The number of para-hydroxylation sites is 1. The molecule has 1 aromatic carbocycles. The van der Waals surface area contributed by atoms with E-state index < -0.39 is 0 Å². The number of benzene rings is 1. The minimum absolute atomic E-state index is 0.0260. The van der Waals surface area contributed by atoms with E-state index in [0.29, 0.717) is 13.1 Å². The smallest absolute Gasteiger partial charge is 0.322 e. The van der Waals surface area contributed by atoms with Crippen LogP contribution in [0.1, 0.15) is 5.56 Å². The molecule has 2 amide bonds. The van der Waals surface area contributed by atoms with E-state index in [1.807, 2.05) is 24.3 Å². The maximum atomic E-state index is 11.5. The lowest BCUT2D eigenvalue weighted by molar-refractivity contribution is 0.240. The van der Waals surface area contributed by atoms with Crippen molar-refractivity contribution in [2.45, 2.75) is 6.54 Å². The van der Waals surface area contributed by atoms with Gasteiger partial charge in [0.05, 0.1) is 18.8 Å². The molecule has 1 heterocycles. The number of aliphatic hydroxyl groups is 1. The van der Waals surface area contributed by atoms with E-state index >= 15 is 0 Å². The number of nitrogens with one attached hydrogen (secondary N) is 1. The first-order valence-corrected chi connectivity index (χ1v) is 4.57. The number of aliphatic hydroxyl groups excluding tert-OH is 1. The molecule has 0 aliphatic carbocycles. The summed E-state index contributed by atoms with van der Waals surface area (Å²) < 4.78 is 0. The van der Waals surface area contributed by atoms with Crippen molar-refractivity contribution >= 4 is 11.7 Å². The summed E-state index contributed by atoms with van der Waals surface area (Å²) in [5.74, 6) is 0. The minimum atomic E-state index is -0.141. The van der Waals surface area contributed by atoms with E-state index in [1.165, 1.54) is 0 Å². The first kappa shape index (κ1) is 9.02. The Balaban J connectivity index is 2.36. The molecular weight excluding hydrogens is 180 g/mol. The summed E-state index contributed by atoms with van der Waals surface area (Å²) in [6, 6.07) is 7.55. The number of rotatable bonds is 2. The Labute approximate surface area is 82.2 Å². The highest BCUT2D eigenvalue weighted by atomic mass is 16.3. The highest BCUT2D eigenvalue weighted by molar-refractivity contribution is 5.94. The second kappa shape index (κ2) is 3.67. The Kier molecular flexibility index (Phi) is 2.37. The van der Waals surface area contributed by atoms with Gasteiger partial charge in [-0.25, -0.2) is 4.79 Å². The van der Waals surface area contributed by atoms with Crippen molar-refractivity contribution in [1.82, 2.24) is 5.32 Å². The van der Waals surface area contributed by atoms with Gasteiger partial charge in [0.15, 0.2) is 0 Å². The molecule has 0 saturated carbocycles. The summed E-state index contributed by atoms with van der Waals surface area (Å²) in [4.78, 5) is 13.0. The number of hydrogen-bond acceptors (Lipinski definition) is 2. The van der Waals surface area contributed by atoms with Crippen LogP contribution in [0.4, 0.5) is 10.5 Å². The highest BCUT2D eigenvalue weighted by Crippen LogP contribution is 2.23. The third-order valence-electron chi connectivity index (χ3n) is 2.28. The summed E-state index contributed by atoms with van der Waals surface area (Å²) in [5, 5.41) is 11.6. The van der Waals surface area contributed by atoms with Crippen LogP contribution in [0.5, 0.6) is 0 Å². The second-order valence-electron chi connectivity index (χ2n) is 3.16. The van der Waals surface area contributed by atoms with E-state index in [0.717, 1.165) is 11.3 Å². The molecule has 0 bridgehead atoms. The molecule has 0 fully saturated rings. The number of carbonyl (C=O) groups excluding carboxylic acids is 1. The zero-order valence-corrected chi connectivity index (χ0v) is 7.73. The largest absolute Gasteiger partial charge is 0.395 e. The average Bonchev–Trinajstić information content (AvgIpc) is 2.23. The van der Waals surface area contributed by atoms with Crippen molar-refractivity contribution < 1.29 is 9.90 Å². The van der Waals surface area contributed by atoms with Crippen LogP contribution in [0.2, 0.25) is 0 Å². The van der Waals surface area contributed by atoms with Crippen molar-refractivity contribution in [2.75, 3.05) is 18.1 Å². The summed E-state index contributed by atoms with van der Waals surface area (Å²) in [6.45, 7) is 0.877. The normalized spacial score (nSPS) is 14.9. The van der Waals surface area contributed by atoms with E-state index in [1.54, 1.807) is 4.90 Å². The monoisotopic (exact) mass is 192 g/mol. The zero-order valence-electron chi connectivity index (χ0n) is 7.73. The standard InChI is InChI=1S/C10H12N2O2/c13-6-5-12-9-4-2-1-3-8(9)7-11-10(12)14/h1-4,13H,5-7H2,(H,11,14).